The summed E-state index contributed by atoms with van der Waals surface area (Å²) in [6.07, 6.45) is 1.31. The molecule has 3 rings (SSSR count). The maximum atomic E-state index is 5.44. The SMILES string of the molecule is CCC[NH+]1CC[NH+]([C@@H]2C[NH2+]Cc3ccc(OC)cc32)CC1. The van der Waals surface area contributed by atoms with Gasteiger partial charge in [-0.3, -0.25) is 0 Å². The van der Waals surface area contributed by atoms with Crippen LogP contribution in [0.3, 0.4) is 0 Å². The Morgan fingerprint density at radius 3 is 2.76 bits per heavy atom. The van der Waals surface area contributed by atoms with Gasteiger partial charge in [-0.1, -0.05) is 6.92 Å². The van der Waals surface area contributed by atoms with Crippen molar-refractivity contribution >= 4 is 0 Å². The number of rotatable bonds is 4. The molecule has 1 fully saturated rings. The van der Waals surface area contributed by atoms with Crippen LogP contribution in [0.15, 0.2) is 18.2 Å². The summed E-state index contributed by atoms with van der Waals surface area (Å²) >= 11 is 0. The number of ether oxygens (including phenoxy) is 1. The lowest BCUT2D eigenvalue weighted by molar-refractivity contribution is -1.03. The molecule has 2 aliphatic rings. The molecule has 0 radical (unpaired) electrons. The van der Waals surface area contributed by atoms with E-state index in [0.29, 0.717) is 6.04 Å². The molecule has 4 nitrogen and oxygen atoms in total. The summed E-state index contributed by atoms with van der Waals surface area (Å²) in [6.45, 7) is 11.3. The van der Waals surface area contributed by atoms with Crippen molar-refractivity contribution in [1.82, 2.24) is 0 Å². The topological polar surface area (TPSA) is 34.7 Å². The number of quaternary nitrogens is 3. The minimum atomic E-state index is 0.645. The number of hydrogen-bond acceptors (Lipinski definition) is 1. The number of methoxy groups -OCH3 is 1. The van der Waals surface area contributed by atoms with Crippen molar-refractivity contribution in [1.29, 1.82) is 0 Å². The maximum Gasteiger partial charge on any atom is 0.164 e. The Morgan fingerprint density at radius 1 is 1.24 bits per heavy atom. The molecule has 1 aromatic rings. The van der Waals surface area contributed by atoms with Gasteiger partial charge in [0, 0.05) is 11.1 Å². The zero-order valence-corrected chi connectivity index (χ0v) is 13.5. The van der Waals surface area contributed by atoms with Crippen molar-refractivity contribution in [2.45, 2.75) is 25.9 Å². The molecule has 4 N–H and O–H groups in total. The lowest BCUT2D eigenvalue weighted by Gasteiger charge is -2.36. The highest BCUT2D eigenvalue weighted by Crippen LogP contribution is 2.23. The first-order valence-corrected chi connectivity index (χ1v) is 8.48. The van der Waals surface area contributed by atoms with Crippen molar-refractivity contribution in [3.63, 3.8) is 0 Å². The van der Waals surface area contributed by atoms with Crippen molar-refractivity contribution in [3.8, 4) is 5.75 Å². The molecule has 2 aliphatic heterocycles. The lowest BCUT2D eigenvalue weighted by atomic mass is 9.94. The van der Waals surface area contributed by atoms with Crippen molar-refractivity contribution < 1.29 is 19.9 Å². The Balaban J connectivity index is 1.73. The Kier molecular flexibility index (Phi) is 4.78. The van der Waals surface area contributed by atoms with Gasteiger partial charge in [-0.2, -0.15) is 0 Å². The zero-order valence-electron chi connectivity index (χ0n) is 13.5. The van der Waals surface area contributed by atoms with Gasteiger partial charge in [0.25, 0.3) is 0 Å². The molecular formula is C17H30N3O+3. The van der Waals surface area contributed by atoms with Gasteiger partial charge in [0.2, 0.25) is 0 Å². The first kappa shape index (κ1) is 14.8. The highest BCUT2D eigenvalue weighted by atomic mass is 16.5. The fourth-order valence-corrected chi connectivity index (χ4v) is 4.01. The number of nitrogens with two attached hydrogens (primary N) is 1. The van der Waals surface area contributed by atoms with E-state index in [-0.39, 0.29) is 0 Å². The quantitative estimate of drug-likeness (QED) is 0.590. The van der Waals surface area contributed by atoms with E-state index < -0.39 is 0 Å². The Labute approximate surface area is 128 Å². The molecule has 0 bridgehead atoms. The van der Waals surface area contributed by atoms with Gasteiger partial charge < -0.3 is 19.9 Å². The second-order valence-electron chi connectivity index (χ2n) is 6.50. The molecular weight excluding hydrogens is 262 g/mol. The van der Waals surface area contributed by atoms with Gasteiger partial charge in [-0.15, -0.1) is 0 Å². The normalized spacial score (nSPS) is 29.0. The summed E-state index contributed by atoms with van der Waals surface area (Å²) in [7, 11) is 1.77. The van der Waals surface area contributed by atoms with Crippen LogP contribution in [0.1, 0.15) is 30.5 Å². The summed E-state index contributed by atoms with van der Waals surface area (Å²) in [6, 6.07) is 7.29. The average molecular weight is 292 g/mol. The summed E-state index contributed by atoms with van der Waals surface area (Å²) in [4.78, 5) is 3.58. The first-order valence-electron chi connectivity index (χ1n) is 8.48. The minimum Gasteiger partial charge on any atom is -0.497 e. The van der Waals surface area contributed by atoms with Gasteiger partial charge in [0.15, 0.2) is 6.04 Å². The van der Waals surface area contributed by atoms with Gasteiger partial charge in [-0.25, -0.2) is 0 Å². The molecule has 0 aromatic heterocycles. The second-order valence-corrected chi connectivity index (χ2v) is 6.50. The average Bonchev–Trinajstić information content (AvgIpc) is 2.55. The monoisotopic (exact) mass is 292 g/mol. The van der Waals surface area contributed by atoms with E-state index in [2.05, 4.69) is 30.4 Å². The molecule has 1 aromatic carbocycles. The van der Waals surface area contributed by atoms with Gasteiger partial charge in [0.1, 0.15) is 45.0 Å². The van der Waals surface area contributed by atoms with Crippen molar-refractivity contribution in [2.75, 3.05) is 46.4 Å². The molecule has 116 valence electrons. The number of fused-ring (bicyclic) bond motifs is 1. The predicted molar refractivity (Wildman–Crippen MR) is 82.8 cm³/mol. The van der Waals surface area contributed by atoms with E-state index in [1.54, 1.807) is 16.9 Å². The van der Waals surface area contributed by atoms with Crippen LogP contribution in [-0.2, 0) is 6.54 Å². The molecule has 0 amide bonds. The van der Waals surface area contributed by atoms with Crippen LogP contribution in [0.2, 0.25) is 0 Å². The van der Waals surface area contributed by atoms with E-state index >= 15 is 0 Å². The number of nitrogens with one attached hydrogen (secondary N) is 2. The van der Waals surface area contributed by atoms with E-state index in [0.717, 1.165) is 12.3 Å². The van der Waals surface area contributed by atoms with E-state index in [9.17, 15) is 0 Å². The zero-order chi connectivity index (χ0) is 14.7. The molecule has 1 atom stereocenters. The van der Waals surface area contributed by atoms with Crippen LogP contribution in [0.5, 0.6) is 5.75 Å². The minimum absolute atomic E-state index is 0.645. The number of piperazine rings is 1. The fraction of sp³-hybridized carbons (Fsp3) is 0.647. The molecule has 0 unspecified atom stereocenters. The smallest absolute Gasteiger partial charge is 0.164 e. The largest absolute Gasteiger partial charge is 0.497 e. The van der Waals surface area contributed by atoms with E-state index in [1.807, 2.05) is 0 Å². The van der Waals surface area contributed by atoms with E-state index in [1.165, 1.54) is 56.8 Å². The third-order valence-electron chi connectivity index (χ3n) is 5.19. The van der Waals surface area contributed by atoms with E-state index in [4.69, 9.17) is 4.74 Å². The molecule has 0 aliphatic carbocycles. The molecule has 1 saturated heterocycles. The van der Waals surface area contributed by atoms with Gasteiger partial charge in [0.05, 0.1) is 13.7 Å². The van der Waals surface area contributed by atoms with Crippen LogP contribution in [0.4, 0.5) is 0 Å². The third-order valence-corrected chi connectivity index (χ3v) is 5.19. The number of hydrogen-bond donors (Lipinski definition) is 3. The van der Waals surface area contributed by atoms with Gasteiger partial charge in [-0.05, 0) is 24.6 Å². The molecule has 2 heterocycles. The predicted octanol–water partition coefficient (Wildman–Crippen LogP) is -1.99. The summed E-state index contributed by atoms with van der Waals surface area (Å²) in [5, 5.41) is 2.47. The van der Waals surface area contributed by atoms with Crippen LogP contribution in [0.25, 0.3) is 0 Å². The maximum absolute atomic E-state index is 5.44. The van der Waals surface area contributed by atoms with Crippen LogP contribution in [-0.4, -0.2) is 46.4 Å². The standard InChI is InChI=1S/C17H27N3O/c1-3-6-19-7-9-20(10-8-19)17-13-18-12-14-4-5-15(21-2)11-16(14)17/h4-5,11,17-18H,3,6-10,12-13H2,1-2H3/p+3/t17-/m1/s1. The lowest BCUT2D eigenvalue weighted by Crippen LogP contribution is -3.29. The van der Waals surface area contributed by atoms with Crippen LogP contribution in [0, 0.1) is 0 Å². The van der Waals surface area contributed by atoms with Crippen molar-refractivity contribution in [2.24, 2.45) is 0 Å². The van der Waals surface area contributed by atoms with Crippen molar-refractivity contribution in [3.05, 3.63) is 29.3 Å². The first-order chi connectivity index (χ1) is 10.3. The molecule has 0 saturated carbocycles. The second kappa shape index (κ2) is 6.77. The fourth-order valence-electron chi connectivity index (χ4n) is 4.01. The highest BCUT2D eigenvalue weighted by Gasteiger charge is 2.35. The molecule has 4 heteroatoms. The van der Waals surface area contributed by atoms with Gasteiger partial charge >= 0.3 is 0 Å². The third kappa shape index (κ3) is 3.23. The Morgan fingerprint density at radius 2 is 2.05 bits per heavy atom. The summed E-state index contributed by atoms with van der Waals surface area (Å²) < 4.78 is 5.44. The molecule has 21 heavy (non-hydrogen) atoms. The number of benzene rings is 1. The summed E-state index contributed by atoms with van der Waals surface area (Å²) in [5.74, 6) is 1.01. The molecule has 0 spiro atoms. The summed E-state index contributed by atoms with van der Waals surface area (Å²) in [5.41, 5.74) is 3.04. The highest BCUT2D eigenvalue weighted by molar-refractivity contribution is 5.37. The van der Waals surface area contributed by atoms with Crippen LogP contribution < -0.4 is 19.9 Å². The Hall–Kier alpha value is -1.10. The Bertz CT molecular complexity index is 469. The van der Waals surface area contributed by atoms with Crippen LogP contribution >= 0.6 is 0 Å².